The Kier molecular flexibility index (Phi) is 9.19. The van der Waals surface area contributed by atoms with Crippen LogP contribution in [0.4, 0.5) is 0 Å². The molecule has 0 saturated heterocycles. The van der Waals surface area contributed by atoms with E-state index in [-0.39, 0.29) is 6.04 Å². The molecule has 0 aliphatic heterocycles. The monoisotopic (exact) mass is 219 g/mol. The highest BCUT2D eigenvalue weighted by molar-refractivity contribution is 7.98. The smallest absolute Gasteiger partial charge is 0.320 e. The van der Waals surface area contributed by atoms with Gasteiger partial charge >= 0.3 is 5.97 Å². The second kappa shape index (κ2) is 9.34. The van der Waals surface area contributed by atoms with Crippen LogP contribution in [0.25, 0.3) is 0 Å². The molecule has 0 fully saturated rings. The molecule has 1 atom stereocenters. The van der Waals surface area contributed by atoms with Gasteiger partial charge in [-0.2, -0.15) is 11.8 Å². The minimum atomic E-state index is -0.739. The summed E-state index contributed by atoms with van der Waals surface area (Å²) in [6.45, 7) is 2.71. The molecule has 84 valence electrons. The molecule has 4 heteroatoms. The van der Waals surface area contributed by atoms with Gasteiger partial charge in [0.25, 0.3) is 0 Å². The van der Waals surface area contributed by atoms with Gasteiger partial charge in [0.05, 0.1) is 0 Å². The molecule has 0 bridgehead atoms. The summed E-state index contributed by atoms with van der Waals surface area (Å²) in [5, 5.41) is 11.8. The molecule has 3 nitrogen and oxygen atoms in total. The van der Waals surface area contributed by atoms with Gasteiger partial charge in [-0.25, -0.2) is 0 Å². The van der Waals surface area contributed by atoms with Gasteiger partial charge in [0.2, 0.25) is 0 Å². The molecule has 0 rings (SSSR count). The van der Waals surface area contributed by atoms with E-state index in [0.29, 0.717) is 6.42 Å². The zero-order valence-electron chi connectivity index (χ0n) is 9.08. The highest BCUT2D eigenvalue weighted by Crippen LogP contribution is 2.01. The number of carboxylic acids is 1. The summed E-state index contributed by atoms with van der Waals surface area (Å²) in [5.74, 6) is 0.465. The van der Waals surface area contributed by atoms with Crippen molar-refractivity contribution in [2.24, 2.45) is 0 Å². The van der Waals surface area contributed by atoms with Crippen LogP contribution in [0.5, 0.6) is 0 Å². The minimum absolute atomic E-state index is 0.365. The summed E-state index contributed by atoms with van der Waals surface area (Å²) in [5.41, 5.74) is 0. The number of hydrogen-bond donors (Lipinski definition) is 2. The fourth-order valence-electron chi connectivity index (χ4n) is 1.23. The number of thioether (sulfide) groups is 1. The van der Waals surface area contributed by atoms with Crippen LogP contribution < -0.4 is 5.32 Å². The van der Waals surface area contributed by atoms with E-state index in [4.69, 9.17) is 5.11 Å². The van der Waals surface area contributed by atoms with Crippen molar-refractivity contribution in [3.8, 4) is 0 Å². The average Bonchev–Trinajstić information content (AvgIpc) is 2.16. The first kappa shape index (κ1) is 13.8. The topological polar surface area (TPSA) is 49.3 Å². The molecule has 0 saturated carbocycles. The molecule has 0 aromatic rings. The summed E-state index contributed by atoms with van der Waals surface area (Å²) < 4.78 is 0. The number of carboxylic acid groups (broad SMARTS) is 1. The molecule has 0 aromatic heterocycles. The van der Waals surface area contributed by atoms with Gasteiger partial charge < -0.3 is 10.4 Å². The van der Waals surface area contributed by atoms with Crippen molar-refractivity contribution in [2.45, 2.75) is 38.6 Å². The lowest BCUT2D eigenvalue weighted by Crippen LogP contribution is -2.36. The maximum absolute atomic E-state index is 10.6. The number of carbonyl (C=O) groups is 1. The number of rotatable bonds is 9. The second-order valence-corrected chi connectivity index (χ2v) is 4.29. The molecular formula is C10H21NO2S. The SMILES string of the molecule is CCC(NCCCCCSC)C(=O)O. The molecular weight excluding hydrogens is 198 g/mol. The van der Waals surface area contributed by atoms with Crippen LogP contribution >= 0.6 is 11.8 Å². The van der Waals surface area contributed by atoms with Crippen LogP contribution in [0.1, 0.15) is 32.6 Å². The zero-order valence-corrected chi connectivity index (χ0v) is 9.90. The van der Waals surface area contributed by atoms with Gasteiger partial charge in [-0.05, 0) is 37.8 Å². The summed E-state index contributed by atoms with van der Waals surface area (Å²) in [6.07, 6.45) is 6.25. The van der Waals surface area contributed by atoms with Gasteiger partial charge in [-0.1, -0.05) is 13.3 Å². The summed E-state index contributed by atoms with van der Waals surface area (Å²) in [6, 6.07) is -0.365. The van der Waals surface area contributed by atoms with Gasteiger partial charge in [-0.3, -0.25) is 4.79 Å². The molecule has 1 unspecified atom stereocenters. The van der Waals surface area contributed by atoms with Crippen molar-refractivity contribution in [1.29, 1.82) is 0 Å². The summed E-state index contributed by atoms with van der Waals surface area (Å²) >= 11 is 1.86. The van der Waals surface area contributed by atoms with Crippen LogP contribution in [0.15, 0.2) is 0 Å². The summed E-state index contributed by atoms with van der Waals surface area (Å²) in [7, 11) is 0. The third kappa shape index (κ3) is 7.21. The van der Waals surface area contributed by atoms with E-state index in [0.717, 1.165) is 13.0 Å². The third-order valence-electron chi connectivity index (χ3n) is 2.12. The van der Waals surface area contributed by atoms with E-state index < -0.39 is 5.97 Å². The van der Waals surface area contributed by atoms with E-state index in [2.05, 4.69) is 11.6 Å². The lowest BCUT2D eigenvalue weighted by molar-refractivity contribution is -0.139. The molecule has 0 spiro atoms. The Morgan fingerprint density at radius 2 is 2.14 bits per heavy atom. The van der Waals surface area contributed by atoms with Crippen LogP contribution in [-0.4, -0.2) is 35.7 Å². The Bertz CT molecular complexity index is 153. The van der Waals surface area contributed by atoms with Crippen LogP contribution in [0.2, 0.25) is 0 Å². The Hall–Kier alpha value is -0.220. The van der Waals surface area contributed by atoms with Crippen LogP contribution in [0, 0.1) is 0 Å². The lowest BCUT2D eigenvalue weighted by atomic mass is 10.2. The van der Waals surface area contributed by atoms with Crippen molar-refractivity contribution in [3.05, 3.63) is 0 Å². The zero-order chi connectivity index (χ0) is 10.8. The first-order valence-electron chi connectivity index (χ1n) is 5.17. The van der Waals surface area contributed by atoms with Gasteiger partial charge in [0, 0.05) is 0 Å². The van der Waals surface area contributed by atoms with Gasteiger partial charge in [0.15, 0.2) is 0 Å². The molecule has 0 heterocycles. The predicted molar refractivity (Wildman–Crippen MR) is 62.0 cm³/mol. The Labute approximate surface area is 90.7 Å². The number of unbranched alkanes of at least 4 members (excludes halogenated alkanes) is 2. The molecule has 0 radical (unpaired) electrons. The molecule has 0 aromatic carbocycles. The second-order valence-electron chi connectivity index (χ2n) is 3.31. The molecule has 0 aliphatic rings. The first-order chi connectivity index (χ1) is 6.72. The minimum Gasteiger partial charge on any atom is -0.480 e. The Morgan fingerprint density at radius 1 is 1.43 bits per heavy atom. The maximum Gasteiger partial charge on any atom is 0.320 e. The van der Waals surface area contributed by atoms with Crippen molar-refractivity contribution >= 4 is 17.7 Å². The average molecular weight is 219 g/mol. The van der Waals surface area contributed by atoms with Crippen LogP contribution in [-0.2, 0) is 4.79 Å². The van der Waals surface area contributed by atoms with E-state index in [1.165, 1.54) is 18.6 Å². The van der Waals surface area contributed by atoms with Gasteiger partial charge in [-0.15, -0.1) is 0 Å². The summed E-state index contributed by atoms with van der Waals surface area (Å²) in [4.78, 5) is 10.6. The quantitative estimate of drug-likeness (QED) is 0.582. The highest BCUT2D eigenvalue weighted by Gasteiger charge is 2.12. The fourth-order valence-corrected chi connectivity index (χ4v) is 1.72. The van der Waals surface area contributed by atoms with E-state index in [9.17, 15) is 4.79 Å². The molecule has 0 aliphatic carbocycles. The predicted octanol–water partition coefficient (Wildman–Crippen LogP) is 1.97. The molecule has 2 N–H and O–H groups in total. The first-order valence-corrected chi connectivity index (χ1v) is 6.56. The fraction of sp³-hybridized carbons (Fsp3) is 0.900. The van der Waals surface area contributed by atoms with Crippen LogP contribution in [0.3, 0.4) is 0 Å². The van der Waals surface area contributed by atoms with Crippen molar-refractivity contribution in [3.63, 3.8) is 0 Å². The van der Waals surface area contributed by atoms with Crippen molar-refractivity contribution in [2.75, 3.05) is 18.6 Å². The van der Waals surface area contributed by atoms with E-state index in [1.54, 1.807) is 0 Å². The number of nitrogens with one attached hydrogen (secondary N) is 1. The Morgan fingerprint density at radius 3 is 2.64 bits per heavy atom. The maximum atomic E-state index is 10.6. The number of hydrogen-bond acceptors (Lipinski definition) is 3. The van der Waals surface area contributed by atoms with Crippen molar-refractivity contribution in [1.82, 2.24) is 5.32 Å². The van der Waals surface area contributed by atoms with E-state index >= 15 is 0 Å². The molecule has 14 heavy (non-hydrogen) atoms. The number of aliphatic carboxylic acids is 1. The molecule has 0 amide bonds. The largest absolute Gasteiger partial charge is 0.480 e. The van der Waals surface area contributed by atoms with E-state index in [1.807, 2.05) is 18.7 Å². The van der Waals surface area contributed by atoms with Gasteiger partial charge in [0.1, 0.15) is 6.04 Å². The standard InChI is InChI=1S/C10H21NO2S/c1-3-9(10(12)13)11-7-5-4-6-8-14-2/h9,11H,3-8H2,1-2H3,(H,12,13). The third-order valence-corrected chi connectivity index (χ3v) is 2.82. The lowest BCUT2D eigenvalue weighted by Gasteiger charge is -2.11. The highest BCUT2D eigenvalue weighted by atomic mass is 32.2. The van der Waals surface area contributed by atoms with Crippen molar-refractivity contribution < 1.29 is 9.90 Å². The normalized spacial score (nSPS) is 12.7. The Balaban J connectivity index is 3.29.